The van der Waals surface area contributed by atoms with Crippen LogP contribution in [-0.4, -0.2) is 31.8 Å². The van der Waals surface area contributed by atoms with Gasteiger partial charge in [0.05, 0.1) is 23.1 Å². The lowest BCUT2D eigenvalue weighted by atomic mass is 10.1. The molecule has 4 nitrogen and oxygen atoms in total. The Kier molecular flexibility index (Phi) is 2.40. The van der Waals surface area contributed by atoms with E-state index < -0.39 is 5.66 Å². The summed E-state index contributed by atoms with van der Waals surface area (Å²) in [6.45, 7) is 1.78. The van der Waals surface area contributed by atoms with E-state index in [-0.39, 0.29) is 0 Å². The molecule has 18 heavy (non-hydrogen) atoms. The van der Waals surface area contributed by atoms with Crippen LogP contribution in [0, 0.1) is 5.21 Å². The summed E-state index contributed by atoms with van der Waals surface area (Å²) in [6.07, 6.45) is 3.43. The Morgan fingerprint density at radius 2 is 1.78 bits per heavy atom. The van der Waals surface area contributed by atoms with E-state index in [1.165, 1.54) is 4.74 Å². The zero-order valence-corrected chi connectivity index (χ0v) is 10.5. The minimum Gasteiger partial charge on any atom is -0.618 e. The lowest BCUT2D eigenvalue weighted by Crippen LogP contribution is -2.43. The fourth-order valence-corrected chi connectivity index (χ4v) is 3.14. The molecule has 2 aliphatic rings. The first-order valence-corrected chi connectivity index (χ1v) is 6.39. The second kappa shape index (κ2) is 3.83. The highest BCUT2D eigenvalue weighted by molar-refractivity contribution is 6.44. The van der Waals surface area contributed by atoms with Gasteiger partial charge in [0.1, 0.15) is 0 Å². The van der Waals surface area contributed by atoms with E-state index in [4.69, 9.17) is 0 Å². The Bertz CT molecular complexity index is 540. The second-order valence-electron chi connectivity index (χ2n) is 5.10. The highest BCUT2D eigenvalue weighted by Gasteiger charge is 2.62. The summed E-state index contributed by atoms with van der Waals surface area (Å²) < 4.78 is 2.21. The van der Waals surface area contributed by atoms with Crippen molar-refractivity contribution in [2.24, 2.45) is 0 Å². The third-order valence-electron chi connectivity index (χ3n) is 4.08. The van der Waals surface area contributed by atoms with Crippen LogP contribution < -0.4 is 0 Å². The molecular formula is C14H17N2O2+. The lowest BCUT2D eigenvalue weighted by molar-refractivity contribution is -0.920. The highest BCUT2D eigenvalue weighted by atomic mass is 16.5. The summed E-state index contributed by atoms with van der Waals surface area (Å²) >= 11 is 0. The van der Waals surface area contributed by atoms with Crippen LogP contribution in [0.2, 0.25) is 0 Å². The minimum atomic E-state index is -0.755. The van der Waals surface area contributed by atoms with Gasteiger partial charge in [-0.25, -0.2) is 0 Å². The summed E-state index contributed by atoms with van der Waals surface area (Å²) in [5.41, 5.74) is 1.38. The molecular weight excluding hydrogens is 228 g/mol. The van der Waals surface area contributed by atoms with Crippen molar-refractivity contribution in [3.63, 3.8) is 0 Å². The topological polar surface area (TPSA) is 49.3 Å². The molecule has 1 aliphatic carbocycles. The summed E-state index contributed by atoms with van der Waals surface area (Å²) in [4.78, 5) is 0. The Hall–Kier alpha value is -1.84. The molecule has 0 saturated heterocycles. The Labute approximate surface area is 106 Å². The van der Waals surface area contributed by atoms with Gasteiger partial charge in [0.15, 0.2) is 0 Å². The predicted molar refractivity (Wildman–Crippen MR) is 68.1 cm³/mol. The van der Waals surface area contributed by atoms with Crippen LogP contribution >= 0.6 is 0 Å². The van der Waals surface area contributed by atoms with Crippen molar-refractivity contribution in [2.45, 2.75) is 38.3 Å². The van der Waals surface area contributed by atoms with Crippen molar-refractivity contribution < 1.29 is 14.7 Å². The Morgan fingerprint density at radius 3 is 2.39 bits per heavy atom. The van der Waals surface area contributed by atoms with Crippen molar-refractivity contribution in [3.8, 4) is 0 Å². The first-order chi connectivity index (χ1) is 8.67. The molecule has 0 radical (unpaired) electrons. The van der Waals surface area contributed by atoms with E-state index in [0.29, 0.717) is 11.4 Å². The van der Waals surface area contributed by atoms with Crippen LogP contribution in [0.15, 0.2) is 30.3 Å². The number of hydroxylamine groups is 2. The molecule has 0 unspecified atom stereocenters. The van der Waals surface area contributed by atoms with Gasteiger partial charge in [-0.05, 0) is 25.0 Å². The first kappa shape index (κ1) is 11.3. The van der Waals surface area contributed by atoms with Gasteiger partial charge in [-0.15, -0.1) is 4.74 Å². The second-order valence-corrected chi connectivity index (χ2v) is 5.10. The molecule has 0 bridgehead atoms. The van der Waals surface area contributed by atoms with E-state index in [0.717, 1.165) is 36.0 Å². The molecule has 0 amide bonds. The SMILES string of the molecule is CC1=[N+]([O-])C2(CCCC2)[N+](O)=C1c1ccccc1. The maximum atomic E-state index is 12.4. The number of hydrogen-bond acceptors (Lipinski definition) is 2. The van der Waals surface area contributed by atoms with E-state index >= 15 is 0 Å². The maximum absolute atomic E-state index is 12.4. The van der Waals surface area contributed by atoms with E-state index in [9.17, 15) is 10.4 Å². The molecule has 1 spiro atoms. The third-order valence-corrected chi connectivity index (χ3v) is 4.08. The summed E-state index contributed by atoms with van der Waals surface area (Å²) in [7, 11) is 0. The molecule has 3 rings (SSSR count). The number of rotatable bonds is 1. The molecule has 1 aromatic rings. The van der Waals surface area contributed by atoms with E-state index in [1.54, 1.807) is 6.92 Å². The van der Waals surface area contributed by atoms with Crippen LogP contribution in [0.5, 0.6) is 0 Å². The van der Waals surface area contributed by atoms with Gasteiger partial charge >= 0.3 is 11.4 Å². The molecule has 1 fully saturated rings. The van der Waals surface area contributed by atoms with Crippen LogP contribution in [0.25, 0.3) is 0 Å². The normalized spacial score (nSPS) is 22.3. The number of nitrogens with zero attached hydrogens (tertiary/aromatic N) is 2. The van der Waals surface area contributed by atoms with Gasteiger partial charge in [0, 0.05) is 6.92 Å². The lowest BCUT2D eigenvalue weighted by Gasteiger charge is -2.15. The van der Waals surface area contributed by atoms with Crippen LogP contribution in [0.1, 0.15) is 38.2 Å². The van der Waals surface area contributed by atoms with Crippen molar-refractivity contribution in [3.05, 3.63) is 41.1 Å². The molecule has 4 heteroatoms. The third kappa shape index (κ3) is 1.32. The van der Waals surface area contributed by atoms with Crippen molar-refractivity contribution >= 4 is 11.4 Å². The quantitative estimate of drug-likeness (QED) is 0.468. The van der Waals surface area contributed by atoms with Gasteiger partial charge in [-0.1, -0.05) is 18.2 Å². The summed E-state index contributed by atoms with van der Waals surface area (Å²) in [5, 5.41) is 22.8. The number of hydrogen-bond donors (Lipinski definition) is 1. The van der Waals surface area contributed by atoms with E-state index in [2.05, 4.69) is 0 Å². The zero-order chi connectivity index (χ0) is 12.8. The number of benzene rings is 1. The molecule has 1 saturated carbocycles. The predicted octanol–water partition coefficient (Wildman–Crippen LogP) is 2.13. The van der Waals surface area contributed by atoms with Crippen LogP contribution in [-0.2, 0) is 0 Å². The fraction of sp³-hybridized carbons (Fsp3) is 0.429. The Balaban J connectivity index is 2.17. The first-order valence-electron chi connectivity index (χ1n) is 6.39. The maximum Gasteiger partial charge on any atom is 0.407 e. The highest BCUT2D eigenvalue weighted by Crippen LogP contribution is 2.36. The van der Waals surface area contributed by atoms with Gasteiger partial charge < -0.3 is 5.21 Å². The molecule has 1 heterocycles. The van der Waals surface area contributed by atoms with Crippen LogP contribution in [0.3, 0.4) is 0 Å². The molecule has 1 aromatic carbocycles. The minimum absolute atomic E-state index is 0.602. The van der Waals surface area contributed by atoms with Gasteiger partial charge in [0.25, 0.3) is 5.71 Å². The molecule has 0 atom stereocenters. The molecule has 94 valence electrons. The van der Waals surface area contributed by atoms with Gasteiger partial charge in [0.2, 0.25) is 0 Å². The fourth-order valence-electron chi connectivity index (χ4n) is 3.14. The van der Waals surface area contributed by atoms with Gasteiger partial charge in [-0.3, -0.25) is 5.21 Å². The van der Waals surface area contributed by atoms with E-state index in [1.807, 2.05) is 30.3 Å². The average molecular weight is 245 g/mol. The molecule has 1 N–H and O–H groups in total. The Morgan fingerprint density at radius 1 is 1.17 bits per heavy atom. The zero-order valence-electron chi connectivity index (χ0n) is 10.5. The van der Waals surface area contributed by atoms with Crippen molar-refractivity contribution in [1.82, 2.24) is 0 Å². The molecule has 1 aliphatic heterocycles. The van der Waals surface area contributed by atoms with Crippen molar-refractivity contribution in [2.75, 3.05) is 0 Å². The van der Waals surface area contributed by atoms with Gasteiger partial charge in [-0.2, -0.15) is 0 Å². The summed E-state index contributed by atoms with van der Waals surface area (Å²) in [6, 6.07) is 9.60. The standard InChI is InChI=1S/C14H17N2O2/c1-11-13(12-7-3-2-4-8-12)16(18)14(15(11)17)9-5-6-10-14/h2-4,7-8,18H,5-6,9-10H2,1H3/q+1. The smallest absolute Gasteiger partial charge is 0.407 e. The monoisotopic (exact) mass is 245 g/mol. The average Bonchev–Trinajstić information content (AvgIpc) is 2.95. The van der Waals surface area contributed by atoms with Crippen molar-refractivity contribution in [1.29, 1.82) is 0 Å². The molecule has 0 aromatic heterocycles. The van der Waals surface area contributed by atoms with Crippen LogP contribution in [0.4, 0.5) is 0 Å². The summed E-state index contributed by atoms with van der Waals surface area (Å²) in [5.74, 6) is 0. The largest absolute Gasteiger partial charge is 0.618 e.